The van der Waals surface area contributed by atoms with Crippen LogP contribution >= 0.6 is 0 Å². The fourth-order valence-corrected chi connectivity index (χ4v) is 4.79. The third-order valence-electron chi connectivity index (χ3n) is 7.53. The Bertz CT molecular complexity index is 1240. The van der Waals surface area contributed by atoms with Crippen molar-refractivity contribution in [2.75, 3.05) is 23.9 Å². The largest absolute Gasteiger partial charge is 0.417 e. The van der Waals surface area contributed by atoms with Gasteiger partial charge < -0.3 is 10.2 Å². The summed E-state index contributed by atoms with van der Waals surface area (Å²) in [4.78, 5) is 28.9. The predicted octanol–water partition coefficient (Wildman–Crippen LogP) is 5.82. The summed E-state index contributed by atoms with van der Waals surface area (Å²) >= 11 is 0. The third-order valence-corrected chi connectivity index (χ3v) is 7.53. The molecule has 202 valence electrons. The number of anilines is 2. The highest BCUT2D eigenvalue weighted by molar-refractivity contribution is 6.04. The van der Waals surface area contributed by atoms with Crippen LogP contribution in [0.2, 0.25) is 0 Å². The Hall–Kier alpha value is -3.80. The smallest absolute Gasteiger partial charge is 0.360 e. The molecule has 1 aliphatic carbocycles. The van der Waals surface area contributed by atoms with Crippen molar-refractivity contribution >= 4 is 23.2 Å². The molecule has 2 aromatic carbocycles. The van der Waals surface area contributed by atoms with Crippen molar-refractivity contribution < 1.29 is 22.8 Å². The molecule has 0 aromatic heterocycles. The lowest BCUT2D eigenvalue weighted by atomic mass is 9.74. The van der Waals surface area contributed by atoms with Crippen molar-refractivity contribution in [2.45, 2.75) is 57.7 Å². The van der Waals surface area contributed by atoms with E-state index in [2.05, 4.69) is 11.9 Å². The van der Waals surface area contributed by atoms with Gasteiger partial charge in [-0.05, 0) is 68.0 Å². The summed E-state index contributed by atoms with van der Waals surface area (Å²) in [5.74, 6) is -0.397. The van der Waals surface area contributed by atoms with Crippen LogP contribution in [0.1, 0.15) is 56.2 Å². The lowest BCUT2D eigenvalue weighted by Gasteiger charge is -2.49. The number of nitrogens with one attached hydrogen (secondary N) is 1. The molecule has 1 saturated carbocycles. The van der Waals surface area contributed by atoms with Crippen LogP contribution < -0.4 is 15.1 Å². The maximum atomic E-state index is 13.8. The van der Waals surface area contributed by atoms with E-state index < -0.39 is 28.3 Å². The summed E-state index contributed by atoms with van der Waals surface area (Å²) in [6, 6.07) is 12.5. The summed E-state index contributed by atoms with van der Waals surface area (Å²) in [5, 5.41) is 11.8. The van der Waals surface area contributed by atoms with Gasteiger partial charge in [0.2, 0.25) is 5.91 Å². The van der Waals surface area contributed by atoms with E-state index in [9.17, 15) is 22.8 Å². The van der Waals surface area contributed by atoms with E-state index in [4.69, 9.17) is 5.26 Å². The van der Waals surface area contributed by atoms with Crippen molar-refractivity contribution in [3.05, 3.63) is 71.9 Å². The molecule has 9 heteroatoms. The van der Waals surface area contributed by atoms with E-state index >= 15 is 0 Å². The first-order valence-corrected chi connectivity index (χ1v) is 12.4. The van der Waals surface area contributed by atoms with Crippen molar-refractivity contribution in [2.24, 2.45) is 5.41 Å². The molecule has 3 rings (SSSR count). The monoisotopic (exact) mass is 526 g/mol. The van der Waals surface area contributed by atoms with Gasteiger partial charge in [-0.2, -0.15) is 18.4 Å². The number of nitrogens with zero attached hydrogens (tertiary/aromatic N) is 3. The summed E-state index contributed by atoms with van der Waals surface area (Å²) < 4.78 is 40.6. The minimum atomic E-state index is -4.74. The Morgan fingerprint density at radius 3 is 2.21 bits per heavy atom. The van der Waals surface area contributed by atoms with Crippen molar-refractivity contribution in [3.63, 3.8) is 0 Å². The zero-order valence-electron chi connectivity index (χ0n) is 22.2. The lowest BCUT2D eigenvalue weighted by Crippen LogP contribution is -2.62. The molecule has 38 heavy (non-hydrogen) atoms. The van der Waals surface area contributed by atoms with E-state index in [0.717, 1.165) is 34.7 Å². The quantitative estimate of drug-likeness (QED) is 0.447. The van der Waals surface area contributed by atoms with Gasteiger partial charge in [-0.15, -0.1) is 0 Å². The molecule has 2 amide bonds. The van der Waals surface area contributed by atoms with Crippen molar-refractivity contribution in [1.29, 1.82) is 5.26 Å². The Labute approximate surface area is 221 Å². The van der Waals surface area contributed by atoms with Crippen LogP contribution in [0.3, 0.4) is 0 Å². The zero-order valence-corrected chi connectivity index (χ0v) is 22.2. The molecule has 1 N–H and O–H groups in total. The van der Waals surface area contributed by atoms with Gasteiger partial charge in [0.05, 0.1) is 17.2 Å². The first-order valence-electron chi connectivity index (χ1n) is 12.4. The Morgan fingerprint density at radius 2 is 1.74 bits per heavy atom. The number of carbonyl (C=O) groups is 2. The highest BCUT2D eigenvalue weighted by Crippen LogP contribution is 2.43. The molecular formula is C29H33F3N4O2. The van der Waals surface area contributed by atoms with Gasteiger partial charge in [0.1, 0.15) is 5.54 Å². The van der Waals surface area contributed by atoms with E-state index in [0.29, 0.717) is 25.7 Å². The molecule has 1 aliphatic rings. The first-order chi connectivity index (χ1) is 17.8. The van der Waals surface area contributed by atoms with Crippen LogP contribution in [0.4, 0.5) is 24.5 Å². The molecule has 2 aromatic rings. The topological polar surface area (TPSA) is 76.4 Å². The highest BCUT2D eigenvalue weighted by Gasteiger charge is 2.50. The van der Waals surface area contributed by atoms with Gasteiger partial charge in [-0.25, -0.2) is 0 Å². The number of benzene rings is 2. The van der Waals surface area contributed by atoms with Gasteiger partial charge >= 0.3 is 6.18 Å². The molecule has 0 bridgehead atoms. The molecule has 0 heterocycles. The fraction of sp³-hybridized carbons (Fsp3) is 0.414. The number of halogens is 3. The fourth-order valence-electron chi connectivity index (χ4n) is 4.79. The number of rotatable bonds is 9. The molecule has 0 spiro atoms. The predicted molar refractivity (Wildman–Crippen MR) is 141 cm³/mol. The van der Waals surface area contributed by atoms with E-state index in [1.54, 1.807) is 13.1 Å². The molecular weight excluding hydrogens is 493 g/mol. The summed E-state index contributed by atoms with van der Waals surface area (Å²) in [7, 11) is 3.43. The van der Waals surface area contributed by atoms with Crippen LogP contribution in [0.15, 0.2) is 55.2 Å². The van der Waals surface area contributed by atoms with Gasteiger partial charge in [0.25, 0.3) is 5.91 Å². The number of carbonyl (C=O) groups excluding carboxylic acids is 2. The summed E-state index contributed by atoms with van der Waals surface area (Å²) in [6.07, 6.45) is -0.264. The minimum Gasteiger partial charge on any atom is -0.360 e. The Balaban J connectivity index is 1.84. The number of aryl methyl sites for hydroxylation is 1. The highest BCUT2D eigenvalue weighted by atomic mass is 19.4. The summed E-state index contributed by atoms with van der Waals surface area (Å²) in [5.41, 5.74) is -1.19. The normalized spacial score (nSPS) is 14.6. The van der Waals surface area contributed by atoms with Gasteiger partial charge in [0, 0.05) is 37.1 Å². The Kier molecular flexibility index (Phi) is 8.25. The van der Waals surface area contributed by atoms with E-state index in [1.807, 2.05) is 50.1 Å². The van der Waals surface area contributed by atoms with Crippen LogP contribution in [-0.2, 0) is 22.2 Å². The average molecular weight is 527 g/mol. The number of hydrogen-bond donors (Lipinski definition) is 1. The minimum absolute atomic E-state index is 0.00470. The Morgan fingerprint density at radius 1 is 1.13 bits per heavy atom. The third kappa shape index (κ3) is 5.54. The van der Waals surface area contributed by atoms with Crippen LogP contribution in [0.25, 0.3) is 0 Å². The first kappa shape index (κ1) is 28.8. The zero-order chi connectivity index (χ0) is 28.3. The molecule has 0 saturated heterocycles. The van der Waals surface area contributed by atoms with E-state index in [-0.39, 0.29) is 17.5 Å². The van der Waals surface area contributed by atoms with Crippen LogP contribution in [-0.4, -0.2) is 31.4 Å². The number of amides is 2. The second-order valence-corrected chi connectivity index (χ2v) is 10.3. The number of hydrogen-bond acceptors (Lipinski definition) is 4. The van der Waals surface area contributed by atoms with E-state index in [1.165, 1.54) is 12.3 Å². The van der Waals surface area contributed by atoms with Gasteiger partial charge in [-0.1, -0.05) is 32.6 Å². The maximum Gasteiger partial charge on any atom is 0.417 e. The van der Waals surface area contributed by atoms with Crippen LogP contribution in [0, 0.1) is 16.7 Å². The molecule has 0 atom stereocenters. The maximum absolute atomic E-state index is 13.8. The number of alkyl halides is 3. The molecule has 0 unspecified atom stereocenters. The lowest BCUT2D eigenvalue weighted by molar-refractivity contribution is -0.138. The van der Waals surface area contributed by atoms with Crippen molar-refractivity contribution in [1.82, 2.24) is 5.32 Å². The standard InChI is InChI=1S/C29H33F3N4O2/c1-6-36(23-13-10-21(19-33)24(18-23)29(30,31)32)26(38)28(15-7-16-28)35(5)22-11-8-20(9-12-22)14-17-27(2,3)25(37)34-4/h6,8-13,18H,1,7,14-17H2,2-5H3,(H,34,37). The van der Waals surface area contributed by atoms with Crippen molar-refractivity contribution in [3.8, 4) is 6.07 Å². The second-order valence-electron chi connectivity index (χ2n) is 10.3. The molecule has 0 aliphatic heterocycles. The molecule has 1 fully saturated rings. The molecule has 0 radical (unpaired) electrons. The number of likely N-dealkylation sites (N-methyl/N-ethyl adjacent to an activating group) is 1. The molecule has 6 nitrogen and oxygen atoms in total. The van der Waals surface area contributed by atoms with Crippen LogP contribution in [0.5, 0.6) is 0 Å². The van der Waals surface area contributed by atoms with Gasteiger partial charge in [-0.3, -0.25) is 14.5 Å². The number of nitriles is 1. The average Bonchev–Trinajstić information content (AvgIpc) is 2.86. The second kappa shape index (κ2) is 10.9. The van der Waals surface area contributed by atoms with Gasteiger partial charge in [0.15, 0.2) is 0 Å². The SMILES string of the molecule is C=CN(C(=O)C1(N(C)c2ccc(CCC(C)(C)C(=O)NC)cc2)CCC1)c1ccc(C#N)c(C(F)(F)F)c1. The summed E-state index contributed by atoms with van der Waals surface area (Å²) in [6.45, 7) is 7.48.